The first-order chi connectivity index (χ1) is 16.5. The maximum Gasteiger partial charge on any atom is 0.250 e. The first-order valence-electron chi connectivity index (χ1n) is 11.2. The van der Waals surface area contributed by atoms with Crippen molar-refractivity contribution < 1.29 is 23.5 Å². The first-order valence-corrected chi connectivity index (χ1v) is 11.2. The van der Waals surface area contributed by atoms with Crippen LogP contribution in [0.2, 0.25) is 0 Å². The van der Waals surface area contributed by atoms with Crippen molar-refractivity contribution in [3.05, 3.63) is 65.6 Å². The lowest BCUT2D eigenvalue weighted by Crippen LogP contribution is -2.53. The molecular formula is C25H23FN4O4. The number of methoxy groups -OCH3 is 1. The van der Waals surface area contributed by atoms with Crippen LogP contribution in [-0.4, -0.2) is 53.9 Å². The van der Waals surface area contributed by atoms with E-state index in [1.54, 1.807) is 0 Å². The minimum Gasteiger partial charge on any atom is -0.383 e. The van der Waals surface area contributed by atoms with Crippen LogP contribution < -0.4 is 10.6 Å². The van der Waals surface area contributed by atoms with Gasteiger partial charge < -0.3 is 15.0 Å². The highest BCUT2D eigenvalue weighted by Gasteiger charge is 2.70. The predicted octanol–water partition coefficient (Wildman–Crippen LogP) is 1.92. The Kier molecular flexibility index (Phi) is 4.62. The van der Waals surface area contributed by atoms with E-state index < -0.39 is 41.0 Å². The number of fused-ring (bicyclic) bond motifs is 5. The van der Waals surface area contributed by atoms with Gasteiger partial charge in [-0.25, -0.2) is 4.39 Å². The van der Waals surface area contributed by atoms with Gasteiger partial charge >= 0.3 is 0 Å². The van der Waals surface area contributed by atoms with Gasteiger partial charge in [-0.1, -0.05) is 18.2 Å². The summed E-state index contributed by atoms with van der Waals surface area (Å²) in [5, 5.41) is 7.15. The number of amides is 3. The number of hydrogen-bond donors (Lipinski definition) is 3. The Hall–Kier alpha value is -3.56. The van der Waals surface area contributed by atoms with Gasteiger partial charge in [-0.3, -0.25) is 24.6 Å². The summed E-state index contributed by atoms with van der Waals surface area (Å²) in [6.07, 6.45) is 2.31. The third-order valence-electron chi connectivity index (χ3n) is 7.40. The second kappa shape index (κ2) is 7.48. The van der Waals surface area contributed by atoms with E-state index in [1.165, 1.54) is 30.2 Å². The zero-order valence-electron chi connectivity index (χ0n) is 18.4. The van der Waals surface area contributed by atoms with E-state index >= 15 is 0 Å². The molecule has 2 aromatic carbocycles. The lowest BCUT2D eigenvalue weighted by molar-refractivity contribution is -0.143. The predicted molar refractivity (Wildman–Crippen MR) is 121 cm³/mol. The molecule has 0 aliphatic carbocycles. The maximum absolute atomic E-state index is 14.3. The molecule has 9 heteroatoms. The van der Waals surface area contributed by atoms with Crippen LogP contribution in [0.1, 0.15) is 11.1 Å². The number of hydrogen-bond acceptors (Lipinski definition) is 5. The number of aromatic amines is 1. The monoisotopic (exact) mass is 462 g/mol. The molecular weight excluding hydrogens is 439 g/mol. The highest BCUT2D eigenvalue weighted by Crippen LogP contribution is 2.53. The molecule has 3 aliphatic heterocycles. The molecule has 2 saturated heterocycles. The molecule has 6 rings (SSSR count). The Bertz CT molecular complexity index is 1350. The van der Waals surface area contributed by atoms with Gasteiger partial charge in [-0.15, -0.1) is 0 Å². The molecule has 174 valence electrons. The standard InChI is InChI=1S/C25H23FN4O4/c1-34-9-8-30-22(31)20-19(10-13-12-27-17-5-3-2-4-15(13)17)29-25(21(20)23(30)32)16-11-14(26)6-7-18(16)28-24(25)33/h2-7,11-12,19-21,27,29H,8-10H2,1H3,(H,28,33). The van der Waals surface area contributed by atoms with Gasteiger partial charge in [0.15, 0.2) is 0 Å². The van der Waals surface area contributed by atoms with Gasteiger partial charge in [0.2, 0.25) is 17.7 Å². The number of H-pyrrole nitrogens is 1. The fourth-order valence-electron chi connectivity index (χ4n) is 5.95. The van der Waals surface area contributed by atoms with Crippen molar-refractivity contribution in [1.82, 2.24) is 15.2 Å². The zero-order valence-corrected chi connectivity index (χ0v) is 18.4. The van der Waals surface area contributed by atoms with Crippen LogP contribution in [0.3, 0.4) is 0 Å². The van der Waals surface area contributed by atoms with Crippen LogP contribution in [0.4, 0.5) is 10.1 Å². The average molecular weight is 462 g/mol. The molecule has 4 unspecified atom stereocenters. The number of imide groups is 1. The van der Waals surface area contributed by atoms with E-state index in [9.17, 15) is 18.8 Å². The molecule has 3 N–H and O–H groups in total. The SMILES string of the molecule is COCCN1C(=O)C2C(Cc3c[nH]c4ccccc34)NC3(C(=O)Nc4ccc(F)cc43)C2C1=O. The molecule has 0 saturated carbocycles. The summed E-state index contributed by atoms with van der Waals surface area (Å²) >= 11 is 0. The molecule has 0 bridgehead atoms. The van der Waals surface area contributed by atoms with E-state index in [2.05, 4.69) is 15.6 Å². The Morgan fingerprint density at radius 3 is 2.76 bits per heavy atom. The average Bonchev–Trinajstić information content (AvgIpc) is 3.53. The van der Waals surface area contributed by atoms with Gasteiger partial charge in [0.25, 0.3) is 0 Å². The molecule has 2 fully saturated rings. The lowest BCUT2D eigenvalue weighted by atomic mass is 9.76. The van der Waals surface area contributed by atoms with E-state index in [0.717, 1.165) is 16.5 Å². The summed E-state index contributed by atoms with van der Waals surface area (Å²) in [4.78, 5) is 45.0. The van der Waals surface area contributed by atoms with Crippen molar-refractivity contribution >= 4 is 34.3 Å². The van der Waals surface area contributed by atoms with Crippen molar-refractivity contribution in [3.63, 3.8) is 0 Å². The number of carbonyl (C=O) groups excluding carboxylic acids is 3. The van der Waals surface area contributed by atoms with E-state index in [0.29, 0.717) is 17.7 Å². The third-order valence-corrected chi connectivity index (χ3v) is 7.40. The quantitative estimate of drug-likeness (QED) is 0.503. The highest BCUT2D eigenvalue weighted by molar-refractivity contribution is 6.15. The number of carbonyl (C=O) groups is 3. The van der Waals surface area contributed by atoms with Gasteiger partial charge in [0.1, 0.15) is 11.4 Å². The number of benzene rings is 2. The summed E-state index contributed by atoms with van der Waals surface area (Å²) in [5.74, 6) is -3.47. The smallest absolute Gasteiger partial charge is 0.250 e. The number of halogens is 1. The Morgan fingerprint density at radius 1 is 1.12 bits per heavy atom. The molecule has 4 heterocycles. The minimum absolute atomic E-state index is 0.106. The molecule has 1 spiro atoms. The number of aromatic nitrogens is 1. The number of nitrogens with one attached hydrogen (secondary N) is 3. The molecule has 3 aromatic rings. The number of likely N-dealkylation sites (tertiary alicyclic amines) is 1. The van der Waals surface area contributed by atoms with Crippen LogP contribution in [0.5, 0.6) is 0 Å². The number of nitrogens with zero attached hydrogens (tertiary/aromatic N) is 1. The molecule has 8 nitrogen and oxygen atoms in total. The van der Waals surface area contributed by atoms with Crippen molar-refractivity contribution in [1.29, 1.82) is 0 Å². The summed E-state index contributed by atoms with van der Waals surface area (Å²) in [6, 6.07) is 11.4. The van der Waals surface area contributed by atoms with Crippen LogP contribution in [0.15, 0.2) is 48.7 Å². The molecule has 3 aliphatic rings. The second-order valence-corrected chi connectivity index (χ2v) is 9.09. The molecule has 34 heavy (non-hydrogen) atoms. The van der Waals surface area contributed by atoms with Crippen molar-refractivity contribution in [2.45, 2.75) is 18.0 Å². The van der Waals surface area contributed by atoms with Crippen molar-refractivity contribution in [2.24, 2.45) is 11.8 Å². The van der Waals surface area contributed by atoms with E-state index in [-0.39, 0.29) is 19.1 Å². The molecule has 0 radical (unpaired) electrons. The number of rotatable bonds is 5. The number of anilines is 1. The largest absolute Gasteiger partial charge is 0.383 e. The Labute approximate surface area is 194 Å². The molecule has 4 atom stereocenters. The van der Waals surface area contributed by atoms with Gasteiger partial charge in [0, 0.05) is 41.5 Å². The van der Waals surface area contributed by atoms with Crippen molar-refractivity contribution in [3.8, 4) is 0 Å². The molecule has 3 amide bonds. The van der Waals surface area contributed by atoms with Crippen LogP contribution in [-0.2, 0) is 31.1 Å². The minimum atomic E-state index is -1.52. The van der Waals surface area contributed by atoms with Crippen LogP contribution in [0.25, 0.3) is 10.9 Å². The lowest BCUT2D eigenvalue weighted by Gasteiger charge is -2.29. The van der Waals surface area contributed by atoms with Crippen molar-refractivity contribution in [2.75, 3.05) is 25.6 Å². The van der Waals surface area contributed by atoms with E-state index in [1.807, 2.05) is 30.5 Å². The third kappa shape index (κ3) is 2.74. The fourth-order valence-corrected chi connectivity index (χ4v) is 5.95. The zero-order chi connectivity index (χ0) is 23.6. The number of ether oxygens (including phenoxy) is 1. The summed E-state index contributed by atoms with van der Waals surface area (Å²) < 4.78 is 19.4. The second-order valence-electron chi connectivity index (χ2n) is 9.09. The van der Waals surface area contributed by atoms with Gasteiger partial charge in [0.05, 0.1) is 25.0 Å². The van der Waals surface area contributed by atoms with Gasteiger partial charge in [-0.2, -0.15) is 0 Å². The first kappa shape index (κ1) is 21.0. The Morgan fingerprint density at radius 2 is 1.94 bits per heavy atom. The summed E-state index contributed by atoms with van der Waals surface area (Å²) in [6.45, 7) is 0.302. The van der Waals surface area contributed by atoms with Gasteiger partial charge in [-0.05, 0) is 36.2 Å². The Balaban J connectivity index is 1.47. The number of para-hydroxylation sites is 1. The van der Waals surface area contributed by atoms with Crippen LogP contribution in [0, 0.1) is 17.7 Å². The summed E-state index contributed by atoms with van der Waals surface area (Å²) in [5.41, 5.74) is 1.22. The normalized spacial score (nSPS) is 27.6. The highest BCUT2D eigenvalue weighted by atomic mass is 19.1. The summed E-state index contributed by atoms with van der Waals surface area (Å²) in [7, 11) is 1.50. The fraction of sp³-hybridized carbons (Fsp3) is 0.320. The topological polar surface area (TPSA) is 104 Å². The maximum atomic E-state index is 14.3. The molecule has 1 aromatic heterocycles. The van der Waals surface area contributed by atoms with Crippen LogP contribution >= 0.6 is 0 Å². The van der Waals surface area contributed by atoms with E-state index in [4.69, 9.17) is 4.74 Å².